The van der Waals surface area contributed by atoms with Crippen LogP contribution >= 0.6 is 0 Å². The predicted molar refractivity (Wildman–Crippen MR) is 35.4 cm³/mol. The van der Waals surface area contributed by atoms with E-state index in [2.05, 4.69) is 24.7 Å². The maximum Gasteiger partial charge on any atom is 0.124 e. The van der Waals surface area contributed by atoms with Gasteiger partial charge in [-0.3, -0.25) is 0 Å². The average molecular weight is 130 g/mol. The van der Waals surface area contributed by atoms with Crippen LogP contribution in [0.15, 0.2) is 0 Å². The van der Waals surface area contributed by atoms with Gasteiger partial charge in [-0.25, -0.2) is 10.9 Å². The van der Waals surface area contributed by atoms with Crippen LogP contribution in [0.4, 0.5) is 0 Å². The Morgan fingerprint density at radius 2 is 2.00 bits per heavy atom. The van der Waals surface area contributed by atoms with Gasteiger partial charge in [-0.1, -0.05) is 13.8 Å². The molecule has 3 heteroatoms. The summed E-state index contributed by atoms with van der Waals surface area (Å²) < 4.78 is 5.40. The molecule has 1 fully saturated rings. The fourth-order valence-corrected chi connectivity index (χ4v) is 0.811. The number of hydrazine groups is 1. The van der Waals surface area contributed by atoms with Crippen LogP contribution in [0, 0.1) is 5.92 Å². The van der Waals surface area contributed by atoms with Crippen molar-refractivity contribution < 1.29 is 4.74 Å². The smallest absolute Gasteiger partial charge is 0.124 e. The Hall–Kier alpha value is -0.120. The van der Waals surface area contributed by atoms with E-state index in [1.165, 1.54) is 0 Å². The van der Waals surface area contributed by atoms with Crippen molar-refractivity contribution in [1.29, 1.82) is 0 Å². The van der Waals surface area contributed by atoms with Crippen LogP contribution < -0.4 is 10.9 Å². The lowest BCUT2D eigenvalue weighted by molar-refractivity contribution is 0.0192. The summed E-state index contributed by atoms with van der Waals surface area (Å²) in [6.45, 7) is 6.23. The third-order valence-electron chi connectivity index (χ3n) is 1.39. The predicted octanol–water partition coefficient (Wildman–Crippen LogP) is 0.439. The summed E-state index contributed by atoms with van der Waals surface area (Å²) in [6.07, 6.45) is 0.331. The Morgan fingerprint density at radius 1 is 1.33 bits per heavy atom. The van der Waals surface area contributed by atoms with Gasteiger partial charge in [0.1, 0.15) is 12.5 Å². The van der Waals surface area contributed by atoms with Crippen LogP contribution in [-0.4, -0.2) is 12.5 Å². The first-order valence-corrected chi connectivity index (χ1v) is 3.36. The monoisotopic (exact) mass is 130 g/mol. The van der Waals surface area contributed by atoms with Crippen LogP contribution in [0.25, 0.3) is 0 Å². The average Bonchev–Trinajstić information content (AvgIpc) is 2.14. The Balaban J connectivity index is 2.30. The summed E-state index contributed by atoms with van der Waals surface area (Å²) in [5.74, 6) is 0.530. The van der Waals surface area contributed by atoms with E-state index in [0.29, 0.717) is 5.92 Å². The Bertz CT molecular complexity index is 95.1. The first-order chi connectivity index (χ1) is 4.20. The van der Waals surface area contributed by atoms with Crippen molar-refractivity contribution >= 4 is 0 Å². The van der Waals surface area contributed by atoms with E-state index in [-0.39, 0.29) is 12.5 Å². The van der Waals surface area contributed by atoms with Crippen molar-refractivity contribution in [2.75, 3.05) is 0 Å². The highest BCUT2D eigenvalue weighted by molar-refractivity contribution is 4.64. The van der Waals surface area contributed by atoms with Crippen LogP contribution in [0.3, 0.4) is 0 Å². The Morgan fingerprint density at radius 3 is 2.22 bits per heavy atom. The summed E-state index contributed by atoms with van der Waals surface area (Å²) in [7, 11) is 0. The van der Waals surface area contributed by atoms with E-state index >= 15 is 0 Å². The molecule has 1 aliphatic heterocycles. The Kier molecular flexibility index (Phi) is 2.05. The molecule has 9 heavy (non-hydrogen) atoms. The van der Waals surface area contributed by atoms with Gasteiger partial charge in [0.15, 0.2) is 0 Å². The molecule has 0 spiro atoms. The SMILES string of the molecule is CC1NNC(C(C)C)O1. The molecule has 54 valence electrons. The lowest BCUT2D eigenvalue weighted by atomic mass is 10.2. The molecular weight excluding hydrogens is 116 g/mol. The highest BCUT2D eigenvalue weighted by atomic mass is 16.5. The van der Waals surface area contributed by atoms with E-state index in [9.17, 15) is 0 Å². The van der Waals surface area contributed by atoms with E-state index in [1.807, 2.05) is 6.92 Å². The second-order valence-corrected chi connectivity index (χ2v) is 2.73. The minimum absolute atomic E-state index is 0.150. The molecule has 0 aromatic carbocycles. The van der Waals surface area contributed by atoms with Gasteiger partial charge in [-0.2, -0.15) is 0 Å². The van der Waals surface area contributed by atoms with E-state index in [0.717, 1.165) is 0 Å². The molecule has 0 aromatic heterocycles. The van der Waals surface area contributed by atoms with E-state index in [1.54, 1.807) is 0 Å². The van der Waals surface area contributed by atoms with Gasteiger partial charge in [-0.05, 0) is 12.8 Å². The molecule has 1 heterocycles. The fourth-order valence-electron chi connectivity index (χ4n) is 0.811. The second-order valence-electron chi connectivity index (χ2n) is 2.73. The molecule has 0 aromatic rings. The van der Waals surface area contributed by atoms with Crippen molar-refractivity contribution in [3.63, 3.8) is 0 Å². The minimum Gasteiger partial charge on any atom is -0.343 e. The lowest BCUT2D eigenvalue weighted by Gasteiger charge is -2.12. The van der Waals surface area contributed by atoms with E-state index < -0.39 is 0 Å². The molecule has 2 N–H and O–H groups in total. The van der Waals surface area contributed by atoms with E-state index in [4.69, 9.17) is 4.74 Å². The van der Waals surface area contributed by atoms with Gasteiger partial charge in [0, 0.05) is 0 Å². The number of hydrogen-bond acceptors (Lipinski definition) is 3. The minimum atomic E-state index is 0.150. The summed E-state index contributed by atoms with van der Waals surface area (Å²) in [4.78, 5) is 0. The molecule has 1 aliphatic rings. The molecule has 0 saturated carbocycles. The maximum absolute atomic E-state index is 5.40. The number of nitrogens with one attached hydrogen (secondary N) is 2. The molecule has 3 nitrogen and oxygen atoms in total. The summed E-state index contributed by atoms with van der Waals surface area (Å²) >= 11 is 0. The highest BCUT2D eigenvalue weighted by Crippen LogP contribution is 2.08. The van der Waals surface area contributed by atoms with Gasteiger partial charge < -0.3 is 4.74 Å². The van der Waals surface area contributed by atoms with Gasteiger partial charge in [-0.15, -0.1) is 0 Å². The van der Waals surface area contributed by atoms with Crippen molar-refractivity contribution in [3.05, 3.63) is 0 Å². The van der Waals surface area contributed by atoms with Crippen LogP contribution in [0.1, 0.15) is 20.8 Å². The van der Waals surface area contributed by atoms with Gasteiger partial charge >= 0.3 is 0 Å². The van der Waals surface area contributed by atoms with Crippen molar-refractivity contribution in [1.82, 2.24) is 10.9 Å². The largest absolute Gasteiger partial charge is 0.343 e. The zero-order valence-corrected chi connectivity index (χ0v) is 6.14. The number of hydrogen-bond donors (Lipinski definition) is 2. The maximum atomic E-state index is 5.40. The molecule has 0 radical (unpaired) electrons. The standard InChI is InChI=1S/C6H14N2O/c1-4(2)6-8-7-5(3)9-6/h4-8H,1-3H3. The van der Waals surface area contributed by atoms with Crippen LogP contribution in [0.2, 0.25) is 0 Å². The van der Waals surface area contributed by atoms with Crippen molar-refractivity contribution in [3.8, 4) is 0 Å². The lowest BCUT2D eigenvalue weighted by Crippen LogP contribution is -2.34. The fraction of sp³-hybridized carbons (Fsp3) is 1.00. The quantitative estimate of drug-likeness (QED) is 0.540. The Labute approximate surface area is 55.7 Å². The third-order valence-corrected chi connectivity index (χ3v) is 1.39. The molecule has 0 aliphatic carbocycles. The molecule has 1 rings (SSSR count). The third kappa shape index (κ3) is 1.64. The number of ether oxygens (including phenoxy) is 1. The summed E-state index contributed by atoms with van der Waals surface area (Å²) in [5.41, 5.74) is 6.01. The normalized spacial score (nSPS) is 36.0. The topological polar surface area (TPSA) is 33.3 Å². The molecule has 0 bridgehead atoms. The molecule has 1 saturated heterocycles. The zero-order valence-electron chi connectivity index (χ0n) is 6.14. The molecule has 2 atom stereocenters. The first kappa shape index (κ1) is 6.99. The second kappa shape index (κ2) is 2.64. The van der Waals surface area contributed by atoms with Crippen molar-refractivity contribution in [2.24, 2.45) is 5.92 Å². The molecule has 0 amide bonds. The molecular formula is C6H14N2O. The highest BCUT2D eigenvalue weighted by Gasteiger charge is 2.22. The summed E-state index contributed by atoms with van der Waals surface area (Å²) in [6, 6.07) is 0. The van der Waals surface area contributed by atoms with Gasteiger partial charge in [0.2, 0.25) is 0 Å². The first-order valence-electron chi connectivity index (χ1n) is 3.36. The van der Waals surface area contributed by atoms with Crippen molar-refractivity contribution in [2.45, 2.75) is 33.2 Å². The van der Waals surface area contributed by atoms with Crippen LogP contribution in [0.5, 0.6) is 0 Å². The molecule has 2 unspecified atom stereocenters. The van der Waals surface area contributed by atoms with Gasteiger partial charge in [0.25, 0.3) is 0 Å². The summed E-state index contributed by atoms with van der Waals surface area (Å²) in [5, 5.41) is 0. The zero-order chi connectivity index (χ0) is 6.85. The van der Waals surface area contributed by atoms with Gasteiger partial charge in [0.05, 0.1) is 0 Å². The van der Waals surface area contributed by atoms with Crippen LogP contribution in [-0.2, 0) is 4.74 Å². The number of rotatable bonds is 1.